The van der Waals surface area contributed by atoms with Gasteiger partial charge in [0.2, 0.25) is 11.8 Å². The number of nitrogens with zero attached hydrogens (tertiary/aromatic N) is 1. The number of ether oxygens (including phenoxy) is 1. The van der Waals surface area contributed by atoms with Crippen LogP contribution in [0.25, 0.3) is 0 Å². The number of amides is 2. The summed E-state index contributed by atoms with van der Waals surface area (Å²) in [5.74, 6) is 0.603. The van der Waals surface area contributed by atoms with E-state index in [1.54, 1.807) is 19.1 Å². The summed E-state index contributed by atoms with van der Waals surface area (Å²) in [4.78, 5) is 27.1. The molecule has 0 heterocycles. The van der Waals surface area contributed by atoms with Crippen LogP contribution in [0.3, 0.4) is 0 Å². The van der Waals surface area contributed by atoms with Gasteiger partial charge in [-0.2, -0.15) is 0 Å². The van der Waals surface area contributed by atoms with Gasteiger partial charge >= 0.3 is 0 Å². The molecule has 0 aliphatic carbocycles. The molecule has 0 aliphatic rings. The van der Waals surface area contributed by atoms with Crippen LogP contribution in [0, 0.1) is 6.92 Å². The van der Waals surface area contributed by atoms with E-state index in [1.807, 2.05) is 62.4 Å². The van der Waals surface area contributed by atoms with Crippen LogP contribution in [0.4, 0.5) is 0 Å². The van der Waals surface area contributed by atoms with Crippen LogP contribution in [-0.4, -0.2) is 36.9 Å². The number of methoxy groups -OCH3 is 1. The van der Waals surface area contributed by atoms with Crippen molar-refractivity contribution < 1.29 is 14.3 Å². The molecular weight excluding hydrogens is 352 g/mol. The highest BCUT2D eigenvalue weighted by molar-refractivity contribution is 5.87. The van der Waals surface area contributed by atoms with E-state index in [0.29, 0.717) is 25.8 Å². The third kappa shape index (κ3) is 5.84. The summed E-state index contributed by atoms with van der Waals surface area (Å²) in [7, 11) is 3.22. The summed E-state index contributed by atoms with van der Waals surface area (Å²) in [6.45, 7) is 4.36. The average molecular weight is 383 g/mol. The van der Waals surface area contributed by atoms with Crippen LogP contribution >= 0.6 is 0 Å². The lowest BCUT2D eigenvalue weighted by Gasteiger charge is -2.30. The van der Waals surface area contributed by atoms with Crippen molar-refractivity contribution in [3.63, 3.8) is 0 Å². The van der Waals surface area contributed by atoms with Crippen LogP contribution in [0.5, 0.6) is 5.75 Å². The highest BCUT2D eigenvalue weighted by atomic mass is 16.5. The van der Waals surface area contributed by atoms with Gasteiger partial charge in [-0.1, -0.05) is 48.9 Å². The Hall–Kier alpha value is -2.82. The SMILES string of the molecule is CC[C@H](C(=O)NC)N(Cc1ccc(OC)cc1)C(=O)CCc1ccc(C)cc1. The lowest BCUT2D eigenvalue weighted by atomic mass is 10.1. The fourth-order valence-electron chi connectivity index (χ4n) is 3.16. The van der Waals surface area contributed by atoms with Gasteiger partial charge in [0.25, 0.3) is 0 Å². The largest absolute Gasteiger partial charge is 0.497 e. The first kappa shape index (κ1) is 21.5. The van der Waals surface area contributed by atoms with Crippen molar-refractivity contribution in [1.82, 2.24) is 10.2 Å². The van der Waals surface area contributed by atoms with Crippen LogP contribution in [0.1, 0.15) is 36.5 Å². The quantitative estimate of drug-likeness (QED) is 0.722. The topological polar surface area (TPSA) is 58.6 Å². The van der Waals surface area contributed by atoms with Gasteiger partial charge in [0.15, 0.2) is 0 Å². The second-order valence-corrected chi connectivity index (χ2v) is 6.89. The van der Waals surface area contributed by atoms with E-state index in [-0.39, 0.29) is 11.8 Å². The first-order chi connectivity index (χ1) is 13.5. The Bertz CT molecular complexity index is 769. The number of carbonyl (C=O) groups is 2. The minimum absolute atomic E-state index is 0.0214. The number of hydrogen-bond donors (Lipinski definition) is 1. The van der Waals surface area contributed by atoms with Crippen LogP contribution < -0.4 is 10.1 Å². The Morgan fingerprint density at radius 1 is 1.04 bits per heavy atom. The van der Waals surface area contributed by atoms with E-state index in [2.05, 4.69) is 5.32 Å². The van der Waals surface area contributed by atoms with Crippen molar-refractivity contribution in [2.24, 2.45) is 0 Å². The number of aryl methyl sites for hydroxylation is 2. The zero-order chi connectivity index (χ0) is 20.5. The summed E-state index contributed by atoms with van der Waals surface area (Å²) >= 11 is 0. The molecule has 2 aromatic carbocycles. The van der Waals surface area contributed by atoms with Crippen molar-refractivity contribution in [3.05, 3.63) is 65.2 Å². The molecule has 2 amide bonds. The summed E-state index contributed by atoms with van der Waals surface area (Å²) in [5, 5.41) is 2.68. The van der Waals surface area contributed by atoms with Crippen molar-refractivity contribution in [1.29, 1.82) is 0 Å². The highest BCUT2D eigenvalue weighted by Gasteiger charge is 2.27. The van der Waals surface area contributed by atoms with Gasteiger partial charge in [-0.3, -0.25) is 9.59 Å². The fraction of sp³-hybridized carbons (Fsp3) is 0.391. The van der Waals surface area contributed by atoms with Crippen molar-refractivity contribution in [2.45, 2.75) is 45.7 Å². The standard InChI is InChI=1S/C23H30N2O3/c1-5-21(23(27)24-3)25(16-19-10-13-20(28-4)14-11-19)22(26)15-12-18-8-6-17(2)7-9-18/h6-11,13-14,21H,5,12,15-16H2,1-4H3,(H,24,27)/t21-/m1/s1. The molecule has 5 heteroatoms. The molecule has 0 spiro atoms. The zero-order valence-corrected chi connectivity index (χ0v) is 17.2. The number of benzene rings is 2. The first-order valence-corrected chi connectivity index (χ1v) is 9.68. The zero-order valence-electron chi connectivity index (χ0n) is 17.2. The van der Waals surface area contributed by atoms with E-state index < -0.39 is 6.04 Å². The molecule has 0 bridgehead atoms. The van der Waals surface area contributed by atoms with E-state index in [0.717, 1.165) is 16.9 Å². The predicted molar refractivity (Wildman–Crippen MR) is 111 cm³/mol. The average Bonchev–Trinajstić information content (AvgIpc) is 2.73. The highest BCUT2D eigenvalue weighted by Crippen LogP contribution is 2.17. The van der Waals surface area contributed by atoms with Gasteiger partial charge in [0, 0.05) is 20.0 Å². The minimum Gasteiger partial charge on any atom is -0.497 e. The molecule has 28 heavy (non-hydrogen) atoms. The number of rotatable bonds is 9. The van der Waals surface area contributed by atoms with Gasteiger partial charge in [-0.15, -0.1) is 0 Å². The Kier molecular flexibility index (Phi) is 8.05. The maximum absolute atomic E-state index is 13.1. The number of nitrogens with one attached hydrogen (secondary N) is 1. The second-order valence-electron chi connectivity index (χ2n) is 6.89. The molecule has 0 unspecified atom stereocenters. The Morgan fingerprint density at radius 3 is 2.18 bits per heavy atom. The molecule has 2 aromatic rings. The molecule has 0 aromatic heterocycles. The molecule has 0 saturated carbocycles. The van der Waals surface area contributed by atoms with Gasteiger partial charge in [0.05, 0.1) is 7.11 Å². The molecule has 150 valence electrons. The predicted octanol–water partition coefficient (Wildman–Crippen LogP) is 3.49. The first-order valence-electron chi connectivity index (χ1n) is 9.68. The monoisotopic (exact) mass is 382 g/mol. The Balaban J connectivity index is 2.16. The molecule has 0 fully saturated rings. The molecule has 2 rings (SSSR count). The van der Waals surface area contributed by atoms with Gasteiger partial charge in [0.1, 0.15) is 11.8 Å². The van der Waals surface area contributed by atoms with Crippen molar-refractivity contribution in [3.8, 4) is 5.75 Å². The van der Waals surface area contributed by atoms with E-state index in [1.165, 1.54) is 5.56 Å². The van der Waals surface area contributed by atoms with E-state index in [4.69, 9.17) is 4.74 Å². The summed E-state index contributed by atoms with van der Waals surface area (Å²) in [5.41, 5.74) is 3.28. The number of carbonyl (C=O) groups excluding carboxylic acids is 2. The molecule has 0 radical (unpaired) electrons. The van der Waals surface area contributed by atoms with Gasteiger partial charge < -0.3 is 15.0 Å². The third-order valence-electron chi connectivity index (χ3n) is 4.89. The fourth-order valence-corrected chi connectivity index (χ4v) is 3.16. The van der Waals surface area contributed by atoms with E-state index in [9.17, 15) is 9.59 Å². The smallest absolute Gasteiger partial charge is 0.242 e. The van der Waals surface area contributed by atoms with Gasteiger partial charge in [-0.25, -0.2) is 0 Å². The summed E-state index contributed by atoms with van der Waals surface area (Å²) in [6.07, 6.45) is 1.58. The number of hydrogen-bond acceptors (Lipinski definition) is 3. The maximum Gasteiger partial charge on any atom is 0.242 e. The van der Waals surface area contributed by atoms with Crippen molar-refractivity contribution in [2.75, 3.05) is 14.2 Å². The molecule has 1 N–H and O–H groups in total. The van der Waals surface area contributed by atoms with Crippen molar-refractivity contribution >= 4 is 11.8 Å². The molecule has 0 saturated heterocycles. The molecule has 0 aliphatic heterocycles. The summed E-state index contributed by atoms with van der Waals surface area (Å²) in [6, 6.07) is 15.3. The maximum atomic E-state index is 13.1. The molecule has 5 nitrogen and oxygen atoms in total. The Morgan fingerprint density at radius 2 is 1.64 bits per heavy atom. The summed E-state index contributed by atoms with van der Waals surface area (Å²) < 4.78 is 5.20. The van der Waals surface area contributed by atoms with E-state index >= 15 is 0 Å². The van der Waals surface area contributed by atoms with Crippen LogP contribution in [0.2, 0.25) is 0 Å². The second kappa shape index (κ2) is 10.5. The number of likely N-dealkylation sites (N-methyl/N-ethyl adjacent to an activating group) is 1. The molecule has 1 atom stereocenters. The van der Waals surface area contributed by atoms with Gasteiger partial charge in [-0.05, 0) is 43.0 Å². The minimum atomic E-state index is -0.488. The third-order valence-corrected chi connectivity index (χ3v) is 4.89. The lowest BCUT2D eigenvalue weighted by Crippen LogP contribution is -2.48. The molecular formula is C23H30N2O3. The Labute approximate surface area is 167 Å². The van der Waals surface area contributed by atoms with Crippen LogP contribution in [0.15, 0.2) is 48.5 Å². The van der Waals surface area contributed by atoms with Crippen LogP contribution in [-0.2, 0) is 22.6 Å². The normalized spacial score (nSPS) is 11.6. The lowest BCUT2D eigenvalue weighted by molar-refractivity contribution is -0.141.